The first-order valence-electron chi connectivity index (χ1n) is 7.14. The Balaban J connectivity index is 0.000000874. The summed E-state index contributed by atoms with van der Waals surface area (Å²) in [5.41, 5.74) is 1.87. The minimum atomic E-state index is 0. The SMILES string of the molecule is [CH2-]CCI.[CH2-]c1ccnc(Nc2ncc(-c3ccccc3)o2)c1.[CH3-].[Li+]. The van der Waals surface area contributed by atoms with Crippen LogP contribution in [0.1, 0.15) is 12.0 Å². The Morgan fingerprint density at radius 2 is 1.80 bits per heavy atom. The quantitative estimate of drug-likeness (QED) is 0.293. The van der Waals surface area contributed by atoms with Gasteiger partial charge in [-0.2, -0.15) is 18.9 Å². The minimum Gasteiger partial charge on any atom is -0.423 e. The molecule has 0 aliphatic heterocycles. The number of halogens is 1. The topological polar surface area (TPSA) is 51.0 Å². The number of hydrogen-bond acceptors (Lipinski definition) is 4. The molecule has 3 rings (SSSR count). The number of nitrogens with zero attached hydrogens (tertiary/aromatic N) is 2. The maximum Gasteiger partial charge on any atom is 1.00 e. The van der Waals surface area contributed by atoms with Crippen LogP contribution >= 0.6 is 22.6 Å². The van der Waals surface area contributed by atoms with Crippen LogP contribution in [0, 0.1) is 21.3 Å². The Hall–Kier alpha value is -1.42. The minimum absolute atomic E-state index is 0. The van der Waals surface area contributed by atoms with Gasteiger partial charge in [-0.3, -0.25) is 4.98 Å². The van der Waals surface area contributed by atoms with Gasteiger partial charge in [0, 0.05) is 5.56 Å². The van der Waals surface area contributed by atoms with Crippen LogP contribution in [-0.2, 0) is 0 Å². The predicted octanol–water partition coefficient (Wildman–Crippen LogP) is 2.76. The molecule has 1 aromatic carbocycles. The standard InChI is InChI=1S/C15H12N3O.C3H6I.CH3.Li/c1-11-7-8-16-14(9-11)18-15-17-10-13(19-15)12-5-3-2-4-6-12;1-2-3-4;;/h2-10H,1H2,(H,16,17,18);1-3H2;1H3;/q3*-1;+1. The van der Waals surface area contributed by atoms with E-state index in [1.165, 1.54) is 4.43 Å². The fourth-order valence-corrected chi connectivity index (χ4v) is 1.72. The van der Waals surface area contributed by atoms with Gasteiger partial charge in [0.25, 0.3) is 6.01 Å². The zero-order chi connectivity index (χ0) is 16.5. The fourth-order valence-electron chi connectivity index (χ4n) is 1.72. The molecule has 0 saturated carbocycles. The molecule has 0 atom stereocenters. The molecule has 0 amide bonds. The van der Waals surface area contributed by atoms with Gasteiger partial charge >= 0.3 is 18.9 Å². The second-order valence-corrected chi connectivity index (χ2v) is 5.69. The summed E-state index contributed by atoms with van der Waals surface area (Å²) in [7, 11) is 0. The van der Waals surface area contributed by atoms with Crippen molar-refractivity contribution in [1.29, 1.82) is 0 Å². The van der Waals surface area contributed by atoms with E-state index in [1.54, 1.807) is 12.4 Å². The van der Waals surface area contributed by atoms with E-state index < -0.39 is 0 Å². The number of oxazole rings is 1. The van der Waals surface area contributed by atoms with E-state index in [-0.39, 0.29) is 26.3 Å². The van der Waals surface area contributed by atoms with Crippen molar-refractivity contribution in [2.45, 2.75) is 6.42 Å². The van der Waals surface area contributed by atoms with E-state index in [0.29, 0.717) is 17.6 Å². The molecule has 2 aromatic heterocycles. The van der Waals surface area contributed by atoms with Gasteiger partial charge in [0.1, 0.15) is 0 Å². The molecule has 0 saturated heterocycles. The fraction of sp³-hybridized carbons (Fsp3) is 0.105. The Kier molecular flexibility index (Phi) is 12.1. The molecular formula is C19H21ILiN3O-2. The Morgan fingerprint density at radius 1 is 1.12 bits per heavy atom. The van der Waals surface area contributed by atoms with E-state index in [4.69, 9.17) is 4.42 Å². The summed E-state index contributed by atoms with van der Waals surface area (Å²) in [4.78, 5) is 8.35. The first-order valence-corrected chi connectivity index (χ1v) is 8.67. The molecule has 4 nitrogen and oxygen atoms in total. The van der Waals surface area contributed by atoms with Crippen LogP contribution in [0.25, 0.3) is 11.3 Å². The molecule has 25 heavy (non-hydrogen) atoms. The van der Waals surface area contributed by atoms with Gasteiger partial charge < -0.3 is 24.1 Å². The van der Waals surface area contributed by atoms with Crippen LogP contribution in [0.5, 0.6) is 0 Å². The number of hydrogen-bond donors (Lipinski definition) is 1. The summed E-state index contributed by atoms with van der Waals surface area (Å²) >= 11 is 2.29. The maximum absolute atomic E-state index is 5.63. The zero-order valence-corrected chi connectivity index (χ0v) is 16.9. The van der Waals surface area contributed by atoms with E-state index in [2.05, 4.69) is 51.7 Å². The summed E-state index contributed by atoms with van der Waals surface area (Å²) in [6.45, 7) is 7.44. The smallest absolute Gasteiger partial charge is 0.423 e. The third kappa shape index (κ3) is 8.00. The molecule has 1 N–H and O–H groups in total. The van der Waals surface area contributed by atoms with Gasteiger partial charge in [-0.05, 0) is 10.6 Å². The number of aromatic nitrogens is 2. The van der Waals surface area contributed by atoms with E-state index in [9.17, 15) is 0 Å². The Bertz CT molecular complexity index is 717. The predicted molar refractivity (Wildman–Crippen MR) is 109 cm³/mol. The summed E-state index contributed by atoms with van der Waals surface area (Å²) in [6, 6.07) is 13.9. The van der Waals surface area contributed by atoms with Crippen molar-refractivity contribution in [1.82, 2.24) is 9.97 Å². The van der Waals surface area contributed by atoms with Crippen molar-refractivity contribution in [2.24, 2.45) is 0 Å². The second-order valence-electron chi connectivity index (χ2n) is 4.61. The number of anilines is 2. The van der Waals surface area contributed by atoms with Crippen molar-refractivity contribution in [2.75, 3.05) is 9.74 Å². The van der Waals surface area contributed by atoms with Gasteiger partial charge in [-0.15, -0.1) is 12.1 Å². The third-order valence-corrected chi connectivity index (χ3v) is 3.52. The maximum atomic E-state index is 5.63. The first kappa shape index (κ1) is 23.6. The largest absolute Gasteiger partial charge is 1.00 e. The van der Waals surface area contributed by atoms with Gasteiger partial charge in [0.05, 0.1) is 12.0 Å². The monoisotopic (exact) mass is 441 g/mol. The molecule has 0 fully saturated rings. The average molecular weight is 441 g/mol. The van der Waals surface area contributed by atoms with Crippen LogP contribution in [0.4, 0.5) is 11.8 Å². The van der Waals surface area contributed by atoms with Crippen molar-refractivity contribution < 1.29 is 23.3 Å². The first-order chi connectivity index (χ1) is 11.2. The second kappa shape index (κ2) is 12.9. The van der Waals surface area contributed by atoms with Crippen molar-refractivity contribution in [3.63, 3.8) is 0 Å². The van der Waals surface area contributed by atoms with Crippen LogP contribution in [0.3, 0.4) is 0 Å². The summed E-state index contributed by atoms with van der Waals surface area (Å²) in [5.74, 6) is 1.38. The molecule has 0 bridgehead atoms. The molecular weight excluding hydrogens is 420 g/mol. The summed E-state index contributed by atoms with van der Waals surface area (Å²) < 4.78 is 6.81. The Labute approximate surface area is 176 Å². The van der Waals surface area contributed by atoms with Crippen LogP contribution in [-0.4, -0.2) is 14.4 Å². The number of rotatable bonds is 4. The van der Waals surface area contributed by atoms with Gasteiger partial charge in [0.2, 0.25) is 0 Å². The Morgan fingerprint density at radius 3 is 2.40 bits per heavy atom. The van der Waals surface area contributed by atoms with Gasteiger partial charge in [-0.1, -0.05) is 52.9 Å². The molecule has 0 unspecified atom stereocenters. The molecule has 0 aliphatic rings. The van der Waals surface area contributed by atoms with E-state index >= 15 is 0 Å². The van der Waals surface area contributed by atoms with Crippen LogP contribution in [0.15, 0.2) is 59.3 Å². The van der Waals surface area contributed by atoms with Crippen molar-refractivity contribution in [3.8, 4) is 11.3 Å². The summed E-state index contributed by atoms with van der Waals surface area (Å²) in [6.07, 6.45) is 4.43. The van der Waals surface area contributed by atoms with Gasteiger partial charge in [-0.25, -0.2) is 4.98 Å². The zero-order valence-electron chi connectivity index (χ0n) is 14.7. The van der Waals surface area contributed by atoms with E-state index in [0.717, 1.165) is 17.5 Å². The molecule has 128 valence electrons. The number of benzene rings is 1. The number of nitrogens with one attached hydrogen (secondary N) is 1. The number of alkyl halides is 1. The summed E-state index contributed by atoms with van der Waals surface area (Å²) in [5, 5.41) is 3.01. The molecule has 3 aromatic rings. The average Bonchev–Trinajstić information content (AvgIpc) is 3.04. The van der Waals surface area contributed by atoms with Crippen LogP contribution < -0.4 is 24.2 Å². The molecule has 2 heterocycles. The third-order valence-electron chi connectivity index (χ3n) is 2.76. The van der Waals surface area contributed by atoms with Crippen LogP contribution in [0.2, 0.25) is 0 Å². The van der Waals surface area contributed by atoms with Crippen molar-refractivity contribution in [3.05, 3.63) is 81.7 Å². The normalized spacial score (nSPS) is 9.04. The molecule has 0 spiro atoms. The van der Waals surface area contributed by atoms with E-state index in [1.807, 2.05) is 42.5 Å². The molecule has 0 radical (unpaired) electrons. The molecule has 0 aliphatic carbocycles. The van der Waals surface area contributed by atoms with Crippen molar-refractivity contribution >= 4 is 34.4 Å². The molecule has 6 heteroatoms. The van der Waals surface area contributed by atoms with Gasteiger partial charge in [0.15, 0.2) is 5.76 Å². The number of pyridine rings is 1.